The summed E-state index contributed by atoms with van der Waals surface area (Å²) < 4.78 is 13.4. The molecule has 0 fully saturated rings. The quantitative estimate of drug-likeness (QED) is 0.848. The highest BCUT2D eigenvalue weighted by Crippen LogP contribution is 2.06. The van der Waals surface area contributed by atoms with E-state index >= 15 is 0 Å². The normalized spacial score (nSPS) is 10.1. The Hall–Kier alpha value is -2.01. The maximum absolute atomic E-state index is 13.4. The minimum Gasteiger partial charge on any atom is -0.362 e. The van der Waals surface area contributed by atoms with E-state index in [0.717, 1.165) is 5.56 Å². The van der Waals surface area contributed by atoms with Gasteiger partial charge in [-0.3, -0.25) is 0 Å². The molecule has 2 rings (SSSR count). The van der Waals surface area contributed by atoms with Gasteiger partial charge in [0.2, 0.25) is 0 Å². The summed E-state index contributed by atoms with van der Waals surface area (Å²) >= 11 is 5.16. The number of hydrogen-bond donors (Lipinski definition) is 2. The average molecular weight is 289 g/mol. The number of anilines is 1. The lowest BCUT2D eigenvalue weighted by Gasteiger charge is -2.10. The van der Waals surface area contributed by atoms with Gasteiger partial charge < -0.3 is 10.6 Å². The van der Waals surface area contributed by atoms with Crippen molar-refractivity contribution in [1.82, 2.24) is 10.3 Å². The molecule has 0 saturated carbocycles. The van der Waals surface area contributed by atoms with Crippen LogP contribution in [0.25, 0.3) is 0 Å². The molecule has 20 heavy (non-hydrogen) atoms. The second-order valence-corrected chi connectivity index (χ2v) is 4.85. The fourth-order valence-corrected chi connectivity index (χ4v) is 1.92. The number of benzene rings is 1. The van der Waals surface area contributed by atoms with Crippen molar-refractivity contribution < 1.29 is 4.39 Å². The van der Waals surface area contributed by atoms with Gasteiger partial charge in [0, 0.05) is 12.7 Å². The number of pyridine rings is 1. The second kappa shape index (κ2) is 6.96. The molecule has 0 unspecified atom stereocenters. The van der Waals surface area contributed by atoms with Gasteiger partial charge in [0.05, 0.1) is 0 Å². The molecule has 3 nitrogen and oxygen atoms in total. The molecule has 0 aliphatic carbocycles. The van der Waals surface area contributed by atoms with Crippen LogP contribution >= 0.6 is 12.2 Å². The van der Waals surface area contributed by atoms with Gasteiger partial charge in [0.25, 0.3) is 0 Å². The van der Waals surface area contributed by atoms with E-state index in [4.69, 9.17) is 12.2 Å². The summed E-state index contributed by atoms with van der Waals surface area (Å²) in [6.45, 7) is 2.54. The predicted molar refractivity (Wildman–Crippen MR) is 83.3 cm³/mol. The van der Waals surface area contributed by atoms with Crippen LogP contribution in [0.15, 0.2) is 42.6 Å². The predicted octanol–water partition coefficient (Wildman–Crippen LogP) is 3.06. The Bertz CT molecular complexity index is 584. The monoisotopic (exact) mass is 289 g/mol. The number of aryl methyl sites for hydroxylation is 1. The van der Waals surface area contributed by atoms with Crippen LogP contribution in [0.3, 0.4) is 0 Å². The zero-order valence-electron chi connectivity index (χ0n) is 11.2. The molecule has 5 heteroatoms. The maximum atomic E-state index is 13.4. The van der Waals surface area contributed by atoms with Gasteiger partial charge in [-0.05, 0) is 48.8 Å². The van der Waals surface area contributed by atoms with Crippen molar-refractivity contribution in [3.8, 4) is 0 Å². The molecule has 0 amide bonds. The van der Waals surface area contributed by atoms with Crippen LogP contribution in [0.1, 0.15) is 11.1 Å². The van der Waals surface area contributed by atoms with Gasteiger partial charge in [-0.1, -0.05) is 24.3 Å². The van der Waals surface area contributed by atoms with Gasteiger partial charge in [-0.2, -0.15) is 0 Å². The van der Waals surface area contributed by atoms with Gasteiger partial charge in [-0.15, -0.1) is 0 Å². The van der Waals surface area contributed by atoms with E-state index in [0.29, 0.717) is 29.5 Å². The summed E-state index contributed by atoms with van der Waals surface area (Å²) in [7, 11) is 0. The summed E-state index contributed by atoms with van der Waals surface area (Å²) in [4.78, 5) is 4.20. The highest BCUT2D eigenvalue weighted by Gasteiger charge is 2.02. The number of aromatic nitrogens is 1. The van der Waals surface area contributed by atoms with E-state index in [9.17, 15) is 4.39 Å². The molecule has 0 atom stereocenters. The van der Waals surface area contributed by atoms with Crippen LogP contribution in [-0.4, -0.2) is 16.6 Å². The summed E-state index contributed by atoms with van der Waals surface area (Å²) in [5.41, 5.74) is 1.77. The van der Waals surface area contributed by atoms with E-state index in [1.807, 2.05) is 25.1 Å². The molecule has 1 heterocycles. The lowest BCUT2D eigenvalue weighted by atomic mass is 10.1. The molecule has 1 aromatic heterocycles. The van der Waals surface area contributed by atoms with Crippen molar-refractivity contribution in [2.45, 2.75) is 13.3 Å². The van der Waals surface area contributed by atoms with E-state index in [-0.39, 0.29) is 5.82 Å². The Balaban J connectivity index is 1.78. The van der Waals surface area contributed by atoms with Crippen molar-refractivity contribution in [3.05, 3.63) is 59.5 Å². The number of rotatable bonds is 4. The summed E-state index contributed by atoms with van der Waals surface area (Å²) in [6, 6.07) is 10.6. The van der Waals surface area contributed by atoms with E-state index in [1.165, 1.54) is 6.07 Å². The first-order chi connectivity index (χ1) is 9.65. The minimum absolute atomic E-state index is 0.187. The molecule has 0 spiro atoms. The maximum Gasteiger partial charge on any atom is 0.171 e. The highest BCUT2D eigenvalue weighted by atomic mass is 32.1. The van der Waals surface area contributed by atoms with Crippen LogP contribution in [-0.2, 0) is 6.42 Å². The smallest absolute Gasteiger partial charge is 0.171 e. The zero-order chi connectivity index (χ0) is 14.4. The SMILES string of the molecule is Cc1ccc(NC(=S)NCCc2ccccc2F)nc1. The number of thiocarbonyl (C=S) groups is 1. The molecule has 0 saturated heterocycles. The first-order valence-corrected chi connectivity index (χ1v) is 6.77. The summed E-state index contributed by atoms with van der Waals surface area (Å²) in [5.74, 6) is 0.507. The van der Waals surface area contributed by atoms with Gasteiger partial charge in [0.15, 0.2) is 5.11 Å². The molecule has 2 N–H and O–H groups in total. The fraction of sp³-hybridized carbons (Fsp3) is 0.200. The standard InChI is InChI=1S/C15H16FN3S/c1-11-6-7-14(18-10-11)19-15(20)17-9-8-12-4-2-3-5-13(12)16/h2-7,10H,8-9H2,1H3,(H2,17,18,19,20). The van der Waals surface area contributed by atoms with Gasteiger partial charge in [-0.25, -0.2) is 9.37 Å². The zero-order valence-corrected chi connectivity index (χ0v) is 12.0. The van der Waals surface area contributed by atoms with Crippen molar-refractivity contribution >= 4 is 23.1 Å². The molecule has 2 aromatic rings. The molecule has 104 valence electrons. The minimum atomic E-state index is -0.187. The first kappa shape index (κ1) is 14.4. The van der Waals surface area contributed by atoms with Gasteiger partial charge >= 0.3 is 0 Å². The molecule has 0 bridgehead atoms. The van der Waals surface area contributed by atoms with Crippen LogP contribution in [0.2, 0.25) is 0 Å². The molecule has 0 radical (unpaired) electrons. The van der Waals surface area contributed by atoms with E-state index < -0.39 is 0 Å². The van der Waals surface area contributed by atoms with Crippen LogP contribution < -0.4 is 10.6 Å². The highest BCUT2D eigenvalue weighted by molar-refractivity contribution is 7.80. The number of hydrogen-bond acceptors (Lipinski definition) is 2. The third-order valence-corrected chi connectivity index (χ3v) is 3.04. The number of halogens is 1. The van der Waals surface area contributed by atoms with Crippen molar-refractivity contribution in [3.63, 3.8) is 0 Å². The first-order valence-electron chi connectivity index (χ1n) is 6.36. The summed E-state index contributed by atoms with van der Waals surface area (Å²) in [5, 5.41) is 6.50. The topological polar surface area (TPSA) is 37.0 Å². The van der Waals surface area contributed by atoms with Crippen molar-refractivity contribution in [1.29, 1.82) is 0 Å². The molecular formula is C15H16FN3S. The van der Waals surface area contributed by atoms with Gasteiger partial charge in [0.1, 0.15) is 11.6 Å². The fourth-order valence-electron chi connectivity index (χ4n) is 1.71. The van der Waals surface area contributed by atoms with E-state index in [2.05, 4.69) is 15.6 Å². The largest absolute Gasteiger partial charge is 0.362 e. The Labute approximate surface area is 123 Å². The van der Waals surface area contributed by atoms with E-state index in [1.54, 1.807) is 18.3 Å². The second-order valence-electron chi connectivity index (χ2n) is 4.44. The van der Waals surface area contributed by atoms with Crippen molar-refractivity contribution in [2.24, 2.45) is 0 Å². The lowest BCUT2D eigenvalue weighted by molar-refractivity contribution is 0.607. The molecule has 0 aliphatic rings. The molecule has 0 aliphatic heterocycles. The third-order valence-electron chi connectivity index (χ3n) is 2.79. The molecular weight excluding hydrogens is 273 g/mol. The number of nitrogens with zero attached hydrogens (tertiary/aromatic N) is 1. The Kier molecular flexibility index (Phi) is 5.01. The molecule has 1 aromatic carbocycles. The van der Waals surface area contributed by atoms with Crippen LogP contribution in [0.4, 0.5) is 10.2 Å². The average Bonchev–Trinajstić information content (AvgIpc) is 2.43. The lowest BCUT2D eigenvalue weighted by Crippen LogP contribution is -2.30. The van der Waals surface area contributed by atoms with Crippen LogP contribution in [0, 0.1) is 12.7 Å². The van der Waals surface area contributed by atoms with Crippen LogP contribution in [0.5, 0.6) is 0 Å². The number of nitrogens with one attached hydrogen (secondary N) is 2. The Morgan fingerprint density at radius 2 is 2.05 bits per heavy atom. The third kappa shape index (κ3) is 4.28. The Morgan fingerprint density at radius 3 is 2.75 bits per heavy atom. The Morgan fingerprint density at radius 1 is 1.25 bits per heavy atom. The van der Waals surface area contributed by atoms with Crippen molar-refractivity contribution in [2.75, 3.05) is 11.9 Å². The summed E-state index contributed by atoms with van der Waals surface area (Å²) in [6.07, 6.45) is 2.35.